The Bertz CT molecular complexity index is 93.1. The lowest BCUT2D eigenvalue weighted by Crippen LogP contribution is -2.39. The van der Waals surface area contributed by atoms with Crippen LogP contribution in [-0.2, 0) is 0 Å². The van der Waals surface area contributed by atoms with Crippen molar-refractivity contribution in [2.75, 3.05) is 14.1 Å². The van der Waals surface area contributed by atoms with Crippen LogP contribution in [0.1, 0.15) is 6.92 Å². The SMILES string of the molecule is C=CN(C)N(C)C(C)O. The molecular weight excluding hydrogens is 116 g/mol. The van der Waals surface area contributed by atoms with E-state index in [1.54, 1.807) is 30.2 Å². The zero-order valence-electron chi connectivity index (χ0n) is 6.20. The van der Waals surface area contributed by atoms with Crippen molar-refractivity contribution in [3.63, 3.8) is 0 Å². The summed E-state index contributed by atoms with van der Waals surface area (Å²) in [7, 11) is 3.60. The van der Waals surface area contributed by atoms with Gasteiger partial charge < -0.3 is 10.1 Å². The van der Waals surface area contributed by atoms with E-state index in [2.05, 4.69) is 6.58 Å². The first kappa shape index (κ1) is 8.46. The van der Waals surface area contributed by atoms with Crippen molar-refractivity contribution >= 4 is 0 Å². The largest absolute Gasteiger partial charge is 0.377 e. The molecule has 0 saturated heterocycles. The lowest BCUT2D eigenvalue weighted by atomic mass is 10.6. The van der Waals surface area contributed by atoms with Gasteiger partial charge in [-0.15, -0.1) is 0 Å². The van der Waals surface area contributed by atoms with Gasteiger partial charge in [0.25, 0.3) is 0 Å². The summed E-state index contributed by atoms with van der Waals surface area (Å²) in [4.78, 5) is 0. The highest BCUT2D eigenvalue weighted by atomic mass is 16.3. The van der Waals surface area contributed by atoms with Crippen LogP contribution in [0.25, 0.3) is 0 Å². The third kappa shape index (κ3) is 2.49. The molecule has 0 aromatic carbocycles. The smallest absolute Gasteiger partial charge is 0.121 e. The molecule has 0 amide bonds. The molecule has 0 aromatic rings. The van der Waals surface area contributed by atoms with Crippen LogP contribution < -0.4 is 0 Å². The van der Waals surface area contributed by atoms with Gasteiger partial charge in [0.15, 0.2) is 0 Å². The summed E-state index contributed by atoms with van der Waals surface area (Å²) < 4.78 is 0. The first-order chi connectivity index (χ1) is 4.09. The highest BCUT2D eigenvalue weighted by Crippen LogP contribution is 1.94. The molecule has 3 nitrogen and oxygen atoms in total. The average Bonchev–Trinajstić information content (AvgIpc) is 1.84. The summed E-state index contributed by atoms with van der Waals surface area (Å²) in [5.74, 6) is 0. The highest BCUT2D eigenvalue weighted by Gasteiger charge is 2.04. The zero-order chi connectivity index (χ0) is 7.44. The van der Waals surface area contributed by atoms with Gasteiger partial charge in [-0.2, -0.15) is 5.01 Å². The van der Waals surface area contributed by atoms with E-state index in [0.717, 1.165) is 0 Å². The van der Waals surface area contributed by atoms with Gasteiger partial charge in [0.05, 0.1) is 0 Å². The molecule has 0 bridgehead atoms. The molecule has 1 atom stereocenters. The van der Waals surface area contributed by atoms with Crippen LogP contribution in [0, 0.1) is 0 Å². The quantitative estimate of drug-likeness (QED) is 0.438. The Morgan fingerprint density at radius 1 is 1.56 bits per heavy atom. The molecule has 0 spiro atoms. The maximum atomic E-state index is 8.96. The van der Waals surface area contributed by atoms with Crippen molar-refractivity contribution in [1.82, 2.24) is 10.0 Å². The Labute approximate surface area is 56.2 Å². The van der Waals surface area contributed by atoms with Crippen molar-refractivity contribution in [2.24, 2.45) is 0 Å². The average molecular weight is 130 g/mol. The van der Waals surface area contributed by atoms with E-state index in [4.69, 9.17) is 5.11 Å². The second-order valence-electron chi connectivity index (χ2n) is 1.96. The number of hydrogen-bond acceptors (Lipinski definition) is 3. The second-order valence-corrected chi connectivity index (χ2v) is 1.96. The van der Waals surface area contributed by atoms with E-state index < -0.39 is 6.23 Å². The number of hydrogen-bond donors (Lipinski definition) is 1. The van der Waals surface area contributed by atoms with Crippen LogP contribution in [-0.4, -0.2) is 35.4 Å². The molecule has 1 unspecified atom stereocenters. The number of aliphatic hydroxyl groups is 1. The molecule has 9 heavy (non-hydrogen) atoms. The first-order valence-corrected chi connectivity index (χ1v) is 2.85. The van der Waals surface area contributed by atoms with E-state index in [1.807, 2.05) is 7.05 Å². The van der Waals surface area contributed by atoms with Gasteiger partial charge in [0.2, 0.25) is 0 Å². The van der Waals surface area contributed by atoms with Crippen LogP contribution in [0.4, 0.5) is 0 Å². The third-order valence-electron chi connectivity index (χ3n) is 1.30. The topological polar surface area (TPSA) is 26.7 Å². The van der Waals surface area contributed by atoms with Gasteiger partial charge in [-0.05, 0) is 6.92 Å². The monoisotopic (exact) mass is 130 g/mol. The number of aliphatic hydroxyl groups excluding tert-OH is 1. The minimum Gasteiger partial charge on any atom is -0.377 e. The third-order valence-corrected chi connectivity index (χ3v) is 1.30. The summed E-state index contributed by atoms with van der Waals surface area (Å²) >= 11 is 0. The first-order valence-electron chi connectivity index (χ1n) is 2.85. The molecule has 0 aromatic heterocycles. The summed E-state index contributed by atoms with van der Waals surface area (Å²) in [6, 6.07) is 0. The van der Waals surface area contributed by atoms with Gasteiger partial charge in [-0.1, -0.05) is 6.58 Å². The molecule has 1 N–H and O–H groups in total. The fraction of sp³-hybridized carbons (Fsp3) is 0.667. The van der Waals surface area contributed by atoms with E-state index in [0.29, 0.717) is 0 Å². The number of nitrogens with zero attached hydrogens (tertiary/aromatic N) is 2. The molecule has 0 rings (SSSR count). The van der Waals surface area contributed by atoms with Gasteiger partial charge in [0, 0.05) is 20.3 Å². The Kier molecular flexibility index (Phi) is 3.27. The fourth-order valence-corrected chi connectivity index (χ4v) is 0.392. The zero-order valence-corrected chi connectivity index (χ0v) is 6.20. The molecule has 0 radical (unpaired) electrons. The maximum absolute atomic E-state index is 8.96. The summed E-state index contributed by atoms with van der Waals surface area (Å²) in [6.45, 7) is 5.23. The summed E-state index contributed by atoms with van der Waals surface area (Å²) in [5.41, 5.74) is 0. The molecular formula is C6H14N2O. The Hall–Kier alpha value is -0.540. The van der Waals surface area contributed by atoms with E-state index in [9.17, 15) is 0 Å². The van der Waals surface area contributed by atoms with E-state index in [1.165, 1.54) is 0 Å². The van der Waals surface area contributed by atoms with Crippen LogP contribution >= 0.6 is 0 Å². The van der Waals surface area contributed by atoms with Crippen molar-refractivity contribution in [3.8, 4) is 0 Å². The normalized spacial score (nSPS) is 13.4. The van der Waals surface area contributed by atoms with Crippen molar-refractivity contribution in [3.05, 3.63) is 12.8 Å². The van der Waals surface area contributed by atoms with Gasteiger partial charge in [-0.3, -0.25) is 0 Å². The predicted octanol–water partition coefficient (Wildman–Crippen LogP) is 0.247. The van der Waals surface area contributed by atoms with E-state index in [-0.39, 0.29) is 0 Å². The second kappa shape index (κ2) is 3.48. The Balaban J connectivity index is 3.71. The molecule has 54 valence electrons. The molecule has 0 aliphatic rings. The van der Waals surface area contributed by atoms with Crippen LogP contribution in [0.2, 0.25) is 0 Å². The van der Waals surface area contributed by atoms with Gasteiger partial charge >= 0.3 is 0 Å². The van der Waals surface area contributed by atoms with Crippen molar-refractivity contribution in [2.45, 2.75) is 13.2 Å². The number of rotatable bonds is 3. The maximum Gasteiger partial charge on any atom is 0.121 e. The molecule has 0 fully saturated rings. The molecule has 0 aliphatic carbocycles. The molecule has 0 aliphatic heterocycles. The van der Waals surface area contributed by atoms with Gasteiger partial charge in [0.1, 0.15) is 6.23 Å². The van der Waals surface area contributed by atoms with Crippen molar-refractivity contribution in [1.29, 1.82) is 0 Å². The van der Waals surface area contributed by atoms with E-state index >= 15 is 0 Å². The molecule has 0 heterocycles. The molecule has 0 saturated carbocycles. The minimum atomic E-state index is -0.465. The summed E-state index contributed by atoms with van der Waals surface area (Å²) in [5, 5.41) is 12.3. The fourth-order valence-electron chi connectivity index (χ4n) is 0.392. The number of hydrazine groups is 1. The Morgan fingerprint density at radius 2 is 2.00 bits per heavy atom. The van der Waals surface area contributed by atoms with Gasteiger partial charge in [-0.25, -0.2) is 0 Å². The lowest BCUT2D eigenvalue weighted by Gasteiger charge is -2.28. The minimum absolute atomic E-state index is 0.465. The predicted molar refractivity (Wildman–Crippen MR) is 37.4 cm³/mol. The lowest BCUT2D eigenvalue weighted by molar-refractivity contribution is -0.0717. The Morgan fingerprint density at radius 3 is 2.11 bits per heavy atom. The summed E-state index contributed by atoms with van der Waals surface area (Å²) in [6.07, 6.45) is 1.17. The highest BCUT2D eigenvalue weighted by molar-refractivity contribution is 4.63. The van der Waals surface area contributed by atoms with Crippen LogP contribution in [0.3, 0.4) is 0 Å². The standard InChI is InChI=1S/C6H14N2O/c1-5-7(3)8(4)6(2)9/h5-6,9H,1H2,2-4H3. The van der Waals surface area contributed by atoms with Crippen LogP contribution in [0.15, 0.2) is 12.8 Å². The van der Waals surface area contributed by atoms with Crippen molar-refractivity contribution < 1.29 is 5.11 Å². The van der Waals surface area contributed by atoms with Crippen LogP contribution in [0.5, 0.6) is 0 Å². The molecule has 3 heteroatoms.